The number of rotatable bonds is 8. The van der Waals surface area contributed by atoms with Gasteiger partial charge in [-0.15, -0.1) is 0 Å². The molecule has 1 N–H and O–H groups in total. The van der Waals surface area contributed by atoms with Crippen LogP contribution in [0.2, 0.25) is 0 Å². The molecule has 5 nitrogen and oxygen atoms in total. The Bertz CT molecular complexity index is 972. The molecule has 0 aliphatic carbocycles. The van der Waals surface area contributed by atoms with Crippen molar-refractivity contribution in [1.82, 2.24) is 10.2 Å². The molecule has 0 saturated carbocycles. The third-order valence-electron chi connectivity index (χ3n) is 5.93. The molecule has 6 heteroatoms. The monoisotopic (exact) mass is 454 g/mol. The third kappa shape index (κ3) is 5.92. The van der Waals surface area contributed by atoms with Crippen molar-refractivity contribution in [3.63, 3.8) is 0 Å². The van der Waals surface area contributed by atoms with E-state index in [2.05, 4.69) is 5.32 Å². The van der Waals surface area contributed by atoms with E-state index in [1.54, 1.807) is 12.1 Å². The first-order valence-electron chi connectivity index (χ1n) is 11.8. The number of carbonyl (C=O) groups excluding carboxylic acids is 2. The number of nitrogens with one attached hydrogen (secondary N) is 1. The number of carbonyl (C=O) groups is 2. The molecule has 0 saturated heterocycles. The lowest BCUT2D eigenvalue weighted by atomic mass is 9.87. The molecule has 2 amide bonds. The Labute approximate surface area is 196 Å². The zero-order chi connectivity index (χ0) is 24.1. The van der Waals surface area contributed by atoms with Crippen molar-refractivity contribution in [2.45, 2.75) is 59.6 Å². The molecule has 0 fully saturated rings. The van der Waals surface area contributed by atoms with Crippen LogP contribution in [0.3, 0.4) is 0 Å². The molecule has 178 valence electrons. The molecule has 0 radical (unpaired) electrons. The highest BCUT2D eigenvalue weighted by Crippen LogP contribution is 2.38. The van der Waals surface area contributed by atoms with Gasteiger partial charge in [0.25, 0.3) is 5.91 Å². The molecule has 1 aliphatic heterocycles. The standard InChI is InChI=1S/C27H35FN2O3/c1-6-24(26(31)29-16-17(2)3)33-22-12-9-19-13-14-30(27(32)18(4)5)25(23(19)15-22)20-7-10-21(28)11-8-20/h7-12,15,17-18,24-25H,6,13-14,16H2,1-5H3,(H,29,31)/t24-,25-/m1/s1. The first-order valence-corrected chi connectivity index (χ1v) is 11.8. The van der Waals surface area contributed by atoms with E-state index in [1.165, 1.54) is 12.1 Å². The van der Waals surface area contributed by atoms with Gasteiger partial charge in [0.2, 0.25) is 5.91 Å². The summed E-state index contributed by atoms with van der Waals surface area (Å²) in [5, 5.41) is 2.94. The second-order valence-electron chi connectivity index (χ2n) is 9.40. The molecule has 0 bridgehead atoms. The van der Waals surface area contributed by atoms with E-state index < -0.39 is 6.10 Å². The zero-order valence-electron chi connectivity index (χ0n) is 20.2. The minimum absolute atomic E-state index is 0.0563. The molecular formula is C27H35FN2O3. The van der Waals surface area contributed by atoms with Crippen LogP contribution >= 0.6 is 0 Å². The highest BCUT2D eigenvalue weighted by molar-refractivity contribution is 5.81. The summed E-state index contributed by atoms with van der Waals surface area (Å²) in [6.45, 7) is 11.0. The maximum absolute atomic E-state index is 13.6. The number of hydrogen-bond acceptors (Lipinski definition) is 3. The van der Waals surface area contributed by atoms with Crippen LogP contribution in [0.5, 0.6) is 5.75 Å². The lowest BCUT2D eigenvalue weighted by Crippen LogP contribution is -2.42. The molecule has 0 unspecified atom stereocenters. The number of amides is 2. The molecule has 2 aromatic carbocycles. The Hall–Kier alpha value is -2.89. The van der Waals surface area contributed by atoms with Gasteiger partial charge >= 0.3 is 0 Å². The van der Waals surface area contributed by atoms with Crippen molar-refractivity contribution in [2.75, 3.05) is 13.1 Å². The van der Waals surface area contributed by atoms with Gasteiger partial charge in [-0.3, -0.25) is 9.59 Å². The summed E-state index contributed by atoms with van der Waals surface area (Å²) in [7, 11) is 0. The average molecular weight is 455 g/mol. The predicted molar refractivity (Wildman–Crippen MR) is 127 cm³/mol. The Morgan fingerprint density at radius 1 is 1.12 bits per heavy atom. The van der Waals surface area contributed by atoms with E-state index in [9.17, 15) is 14.0 Å². The quantitative estimate of drug-likeness (QED) is 0.618. The number of halogens is 1. The van der Waals surface area contributed by atoms with Gasteiger partial charge in [0.15, 0.2) is 6.10 Å². The van der Waals surface area contributed by atoms with E-state index >= 15 is 0 Å². The van der Waals surface area contributed by atoms with Gasteiger partial charge in [-0.2, -0.15) is 0 Å². The fraction of sp³-hybridized carbons (Fsp3) is 0.481. The van der Waals surface area contributed by atoms with Crippen molar-refractivity contribution in [3.05, 3.63) is 65.0 Å². The van der Waals surface area contributed by atoms with Gasteiger partial charge in [-0.25, -0.2) is 4.39 Å². The van der Waals surface area contributed by atoms with E-state index in [-0.39, 0.29) is 29.6 Å². The Morgan fingerprint density at radius 2 is 1.82 bits per heavy atom. The number of fused-ring (bicyclic) bond motifs is 1. The van der Waals surface area contributed by atoms with E-state index in [0.29, 0.717) is 31.2 Å². The van der Waals surface area contributed by atoms with E-state index in [1.807, 2.05) is 57.7 Å². The summed E-state index contributed by atoms with van der Waals surface area (Å²) < 4.78 is 19.7. The second-order valence-corrected chi connectivity index (χ2v) is 9.40. The first kappa shape index (κ1) is 24.7. The highest BCUT2D eigenvalue weighted by atomic mass is 19.1. The lowest BCUT2D eigenvalue weighted by Gasteiger charge is -2.39. The summed E-state index contributed by atoms with van der Waals surface area (Å²) in [6, 6.07) is 11.8. The van der Waals surface area contributed by atoms with E-state index in [4.69, 9.17) is 4.74 Å². The van der Waals surface area contributed by atoms with Gasteiger partial charge in [-0.1, -0.05) is 52.8 Å². The van der Waals surface area contributed by atoms with Crippen LogP contribution in [0.15, 0.2) is 42.5 Å². The minimum Gasteiger partial charge on any atom is -0.481 e. The number of nitrogens with zero attached hydrogens (tertiary/aromatic N) is 1. The maximum Gasteiger partial charge on any atom is 0.261 e. The molecule has 1 aliphatic rings. The molecule has 2 atom stereocenters. The van der Waals surface area contributed by atoms with Gasteiger partial charge < -0.3 is 15.0 Å². The van der Waals surface area contributed by atoms with Crippen molar-refractivity contribution >= 4 is 11.8 Å². The molecule has 0 aromatic heterocycles. The molecule has 3 rings (SSSR count). The Balaban J connectivity index is 1.95. The highest BCUT2D eigenvalue weighted by Gasteiger charge is 2.33. The first-order chi connectivity index (χ1) is 15.7. The Morgan fingerprint density at radius 3 is 2.42 bits per heavy atom. The predicted octanol–water partition coefficient (Wildman–Crippen LogP) is 4.89. The van der Waals surface area contributed by atoms with Gasteiger partial charge in [-0.05, 0) is 59.7 Å². The fourth-order valence-corrected chi connectivity index (χ4v) is 4.15. The smallest absolute Gasteiger partial charge is 0.261 e. The summed E-state index contributed by atoms with van der Waals surface area (Å²) in [6.07, 6.45) is 0.682. The largest absolute Gasteiger partial charge is 0.481 e. The topological polar surface area (TPSA) is 58.6 Å². The number of hydrogen-bond donors (Lipinski definition) is 1. The number of ether oxygens (including phenoxy) is 1. The van der Waals surface area contributed by atoms with Gasteiger partial charge in [0.1, 0.15) is 11.6 Å². The molecule has 2 aromatic rings. The third-order valence-corrected chi connectivity index (χ3v) is 5.93. The summed E-state index contributed by atoms with van der Waals surface area (Å²) >= 11 is 0. The van der Waals surface area contributed by atoms with Crippen LogP contribution in [0, 0.1) is 17.7 Å². The van der Waals surface area contributed by atoms with Crippen LogP contribution < -0.4 is 10.1 Å². The van der Waals surface area contributed by atoms with Crippen LogP contribution in [0.4, 0.5) is 4.39 Å². The SMILES string of the molecule is CC[C@@H](Oc1ccc2c(c1)[C@@H](c1ccc(F)cc1)N(C(=O)C(C)C)CC2)C(=O)NCC(C)C. The van der Waals surface area contributed by atoms with Crippen LogP contribution in [0.25, 0.3) is 0 Å². The normalized spacial score (nSPS) is 16.5. The molecule has 1 heterocycles. The van der Waals surface area contributed by atoms with Crippen molar-refractivity contribution in [2.24, 2.45) is 11.8 Å². The summed E-state index contributed by atoms with van der Waals surface area (Å²) in [5.41, 5.74) is 2.93. The number of benzene rings is 2. The lowest BCUT2D eigenvalue weighted by molar-refractivity contribution is -0.136. The maximum atomic E-state index is 13.6. The minimum atomic E-state index is -0.594. The van der Waals surface area contributed by atoms with Crippen molar-refractivity contribution < 1.29 is 18.7 Å². The molecule has 0 spiro atoms. The molecule has 33 heavy (non-hydrogen) atoms. The van der Waals surface area contributed by atoms with Crippen LogP contribution in [0.1, 0.15) is 63.8 Å². The summed E-state index contributed by atoms with van der Waals surface area (Å²) in [4.78, 5) is 27.5. The van der Waals surface area contributed by atoms with Crippen LogP contribution in [-0.2, 0) is 16.0 Å². The Kier molecular flexibility index (Phi) is 8.11. The second kappa shape index (κ2) is 10.8. The average Bonchev–Trinajstić information content (AvgIpc) is 2.80. The summed E-state index contributed by atoms with van der Waals surface area (Å²) in [5.74, 6) is 0.411. The van der Waals surface area contributed by atoms with Gasteiger partial charge in [0.05, 0.1) is 6.04 Å². The molecular weight excluding hydrogens is 419 g/mol. The van der Waals surface area contributed by atoms with Gasteiger partial charge in [0, 0.05) is 19.0 Å². The van der Waals surface area contributed by atoms with Crippen molar-refractivity contribution in [3.8, 4) is 5.75 Å². The van der Waals surface area contributed by atoms with E-state index in [0.717, 1.165) is 23.1 Å². The fourth-order valence-electron chi connectivity index (χ4n) is 4.15. The zero-order valence-corrected chi connectivity index (χ0v) is 20.2. The van der Waals surface area contributed by atoms with Crippen molar-refractivity contribution in [1.29, 1.82) is 0 Å². The van der Waals surface area contributed by atoms with Crippen LogP contribution in [-0.4, -0.2) is 35.9 Å².